The van der Waals surface area contributed by atoms with Gasteiger partial charge >= 0.3 is 0 Å². The summed E-state index contributed by atoms with van der Waals surface area (Å²) in [6.45, 7) is 7.41. The van der Waals surface area contributed by atoms with E-state index in [1.165, 1.54) is 11.4 Å². The van der Waals surface area contributed by atoms with Gasteiger partial charge in [-0.15, -0.1) is 0 Å². The number of thioether (sulfide) groups is 1. The first-order valence-electron chi connectivity index (χ1n) is 7.73. The quantitative estimate of drug-likeness (QED) is 0.897. The molecule has 0 spiro atoms. The van der Waals surface area contributed by atoms with E-state index in [0.717, 1.165) is 37.3 Å². The van der Waals surface area contributed by atoms with E-state index in [9.17, 15) is 4.79 Å². The Bertz CT molecular complexity index is 534. The summed E-state index contributed by atoms with van der Waals surface area (Å²) in [5.74, 6) is 1.24. The smallest absolute Gasteiger partial charge is 0.246 e. The summed E-state index contributed by atoms with van der Waals surface area (Å²) in [5, 5.41) is 7.00. The number of nitrogens with zero attached hydrogens (tertiary/aromatic N) is 1. The summed E-state index contributed by atoms with van der Waals surface area (Å²) >= 11 is 2.03. The van der Waals surface area contributed by atoms with Gasteiger partial charge in [0.2, 0.25) is 5.91 Å². The van der Waals surface area contributed by atoms with Crippen LogP contribution in [0.1, 0.15) is 31.9 Å². The van der Waals surface area contributed by atoms with E-state index in [1.54, 1.807) is 0 Å². The standard InChI is InChI=1S/C16H23N3OS/c1-3-6-17-15-13-5-4-12(9-14(13)18-16(15)20)19-7-8-21-11(2)10-19/h4-5,9,11,15,17H,3,6-8,10H2,1-2H3,(H,18,20). The molecule has 1 fully saturated rings. The number of nitrogens with one attached hydrogen (secondary N) is 2. The van der Waals surface area contributed by atoms with Crippen LogP contribution in [0, 0.1) is 0 Å². The second kappa shape index (κ2) is 6.28. The molecule has 1 saturated heterocycles. The molecule has 3 rings (SSSR count). The molecule has 1 aromatic rings. The lowest BCUT2D eigenvalue weighted by molar-refractivity contribution is -0.117. The monoisotopic (exact) mass is 305 g/mol. The highest BCUT2D eigenvalue weighted by atomic mass is 32.2. The van der Waals surface area contributed by atoms with Crippen molar-refractivity contribution >= 4 is 29.0 Å². The molecule has 114 valence electrons. The third-order valence-electron chi connectivity index (χ3n) is 4.07. The largest absolute Gasteiger partial charge is 0.370 e. The van der Waals surface area contributed by atoms with Gasteiger partial charge in [-0.3, -0.25) is 4.79 Å². The van der Waals surface area contributed by atoms with Gasteiger partial charge in [-0.05, 0) is 25.1 Å². The van der Waals surface area contributed by atoms with E-state index >= 15 is 0 Å². The molecule has 4 nitrogen and oxygen atoms in total. The normalized spacial score (nSPS) is 24.9. The maximum absolute atomic E-state index is 12.1. The third kappa shape index (κ3) is 3.04. The van der Waals surface area contributed by atoms with Gasteiger partial charge in [0.1, 0.15) is 6.04 Å². The fourth-order valence-electron chi connectivity index (χ4n) is 2.99. The van der Waals surface area contributed by atoms with Crippen molar-refractivity contribution in [2.24, 2.45) is 0 Å². The van der Waals surface area contributed by atoms with Gasteiger partial charge in [0.15, 0.2) is 0 Å². The summed E-state index contributed by atoms with van der Waals surface area (Å²) in [6.07, 6.45) is 1.03. The third-order valence-corrected chi connectivity index (χ3v) is 5.21. The number of rotatable bonds is 4. The van der Waals surface area contributed by atoms with Crippen LogP contribution in [-0.2, 0) is 4.79 Å². The van der Waals surface area contributed by atoms with Crippen LogP contribution in [0.25, 0.3) is 0 Å². The van der Waals surface area contributed by atoms with Crippen molar-refractivity contribution in [3.05, 3.63) is 23.8 Å². The van der Waals surface area contributed by atoms with Crippen LogP contribution in [-0.4, -0.2) is 36.5 Å². The molecule has 0 radical (unpaired) electrons. The van der Waals surface area contributed by atoms with Crippen molar-refractivity contribution in [2.75, 3.05) is 35.6 Å². The molecule has 0 aromatic heterocycles. The Balaban J connectivity index is 1.79. The Kier molecular flexibility index (Phi) is 4.40. The second-order valence-electron chi connectivity index (χ2n) is 5.78. The van der Waals surface area contributed by atoms with Crippen LogP contribution in [0.3, 0.4) is 0 Å². The molecular formula is C16H23N3OS. The summed E-state index contributed by atoms with van der Waals surface area (Å²) in [5.41, 5.74) is 3.27. The highest BCUT2D eigenvalue weighted by Crippen LogP contribution is 2.35. The minimum absolute atomic E-state index is 0.0677. The molecule has 21 heavy (non-hydrogen) atoms. The first kappa shape index (κ1) is 14.7. The van der Waals surface area contributed by atoms with Gasteiger partial charge in [0.05, 0.1) is 0 Å². The van der Waals surface area contributed by atoms with Crippen LogP contribution in [0.4, 0.5) is 11.4 Å². The van der Waals surface area contributed by atoms with Gasteiger partial charge < -0.3 is 15.5 Å². The molecule has 1 amide bonds. The summed E-state index contributed by atoms with van der Waals surface area (Å²) in [4.78, 5) is 14.5. The minimum atomic E-state index is -0.190. The maximum Gasteiger partial charge on any atom is 0.246 e. The number of amides is 1. The Morgan fingerprint density at radius 3 is 3.10 bits per heavy atom. The van der Waals surface area contributed by atoms with Gasteiger partial charge in [-0.1, -0.05) is 19.9 Å². The first-order valence-corrected chi connectivity index (χ1v) is 8.78. The van der Waals surface area contributed by atoms with Crippen LogP contribution in [0.15, 0.2) is 18.2 Å². The average Bonchev–Trinajstić information content (AvgIpc) is 2.79. The van der Waals surface area contributed by atoms with E-state index in [4.69, 9.17) is 0 Å². The second-order valence-corrected chi connectivity index (χ2v) is 7.32. The lowest BCUT2D eigenvalue weighted by Crippen LogP contribution is -2.36. The van der Waals surface area contributed by atoms with Crippen molar-refractivity contribution in [3.8, 4) is 0 Å². The molecule has 2 heterocycles. The number of benzene rings is 1. The predicted molar refractivity (Wildman–Crippen MR) is 90.2 cm³/mol. The molecule has 1 aromatic carbocycles. The van der Waals surface area contributed by atoms with Crippen LogP contribution >= 0.6 is 11.8 Å². The molecule has 2 aliphatic heterocycles. The Labute approximate surface area is 130 Å². The van der Waals surface area contributed by atoms with Crippen LogP contribution in [0.5, 0.6) is 0 Å². The number of fused-ring (bicyclic) bond motifs is 1. The number of carbonyl (C=O) groups excluding carboxylic acids is 1. The molecule has 0 bridgehead atoms. The molecule has 2 unspecified atom stereocenters. The van der Waals surface area contributed by atoms with E-state index < -0.39 is 0 Å². The van der Waals surface area contributed by atoms with Gasteiger partial charge in [-0.25, -0.2) is 0 Å². The highest BCUT2D eigenvalue weighted by molar-refractivity contribution is 8.00. The fourth-order valence-corrected chi connectivity index (χ4v) is 4.00. The molecule has 5 heteroatoms. The van der Waals surface area contributed by atoms with Gasteiger partial charge in [-0.2, -0.15) is 11.8 Å². The van der Waals surface area contributed by atoms with Crippen LogP contribution < -0.4 is 15.5 Å². The number of carbonyl (C=O) groups is 1. The zero-order valence-electron chi connectivity index (χ0n) is 12.7. The Morgan fingerprint density at radius 2 is 2.33 bits per heavy atom. The van der Waals surface area contributed by atoms with Crippen molar-refractivity contribution < 1.29 is 4.79 Å². The van der Waals surface area contributed by atoms with E-state index in [2.05, 4.69) is 47.6 Å². The highest BCUT2D eigenvalue weighted by Gasteiger charge is 2.30. The summed E-state index contributed by atoms with van der Waals surface area (Å²) < 4.78 is 0. The average molecular weight is 305 g/mol. The minimum Gasteiger partial charge on any atom is -0.370 e. The first-order chi connectivity index (χ1) is 10.2. The Morgan fingerprint density at radius 1 is 1.48 bits per heavy atom. The maximum atomic E-state index is 12.1. The predicted octanol–water partition coefficient (Wildman–Crippen LogP) is 2.62. The lowest BCUT2D eigenvalue weighted by Gasteiger charge is -2.32. The topological polar surface area (TPSA) is 44.4 Å². The van der Waals surface area contributed by atoms with Crippen LogP contribution in [0.2, 0.25) is 0 Å². The summed E-state index contributed by atoms with van der Waals surface area (Å²) in [7, 11) is 0. The van der Waals surface area contributed by atoms with Crippen molar-refractivity contribution in [1.82, 2.24) is 5.32 Å². The van der Waals surface area contributed by atoms with E-state index in [0.29, 0.717) is 5.25 Å². The zero-order chi connectivity index (χ0) is 14.8. The number of anilines is 2. The summed E-state index contributed by atoms with van der Waals surface area (Å²) in [6, 6.07) is 6.19. The number of hydrogen-bond donors (Lipinski definition) is 2. The molecule has 0 saturated carbocycles. The van der Waals surface area contributed by atoms with E-state index in [-0.39, 0.29) is 11.9 Å². The Hall–Kier alpha value is -1.20. The fraction of sp³-hybridized carbons (Fsp3) is 0.562. The van der Waals surface area contributed by atoms with Crippen molar-refractivity contribution in [1.29, 1.82) is 0 Å². The number of hydrogen-bond acceptors (Lipinski definition) is 4. The van der Waals surface area contributed by atoms with Crippen molar-refractivity contribution in [2.45, 2.75) is 31.6 Å². The lowest BCUT2D eigenvalue weighted by atomic mass is 10.1. The molecular weight excluding hydrogens is 282 g/mol. The SMILES string of the molecule is CCCNC1C(=O)Nc2cc(N3CCSC(C)C3)ccc21. The molecule has 2 aliphatic rings. The zero-order valence-corrected chi connectivity index (χ0v) is 13.5. The van der Waals surface area contributed by atoms with Gasteiger partial charge in [0, 0.05) is 41.0 Å². The molecule has 0 aliphatic carbocycles. The van der Waals surface area contributed by atoms with Gasteiger partial charge in [0.25, 0.3) is 0 Å². The van der Waals surface area contributed by atoms with E-state index in [1.807, 2.05) is 11.8 Å². The molecule has 2 N–H and O–H groups in total. The molecule has 2 atom stereocenters. The van der Waals surface area contributed by atoms with Crippen molar-refractivity contribution in [3.63, 3.8) is 0 Å².